The number of benzene rings is 4. The van der Waals surface area contributed by atoms with Gasteiger partial charge in [0.15, 0.2) is 6.23 Å². The van der Waals surface area contributed by atoms with Crippen LogP contribution in [0.4, 0.5) is 0 Å². The standard InChI is InChI=1S/C30H26N2O5S/c1-22-17-19-26(20-18-22)38(35,36)32-28(25-15-9-4-10-16-25)37-30(29(32)34,21-23-11-5-2-6-12-23)31-27(33)24-13-7-3-8-14-24/h2-20,28H,21H2,1H3,(H,31,33)/t28-,30-/m1/s1. The number of carbonyl (C=O) groups excluding carboxylic acids is 2. The van der Waals surface area contributed by atoms with Gasteiger partial charge in [-0.2, -0.15) is 4.31 Å². The average molecular weight is 527 g/mol. The Morgan fingerprint density at radius 2 is 1.39 bits per heavy atom. The fraction of sp³-hybridized carbons (Fsp3) is 0.133. The highest BCUT2D eigenvalue weighted by Crippen LogP contribution is 2.41. The van der Waals surface area contributed by atoms with Crippen LogP contribution >= 0.6 is 0 Å². The average Bonchev–Trinajstić information content (AvgIpc) is 3.22. The molecule has 2 amide bonds. The number of ether oxygens (including phenoxy) is 1. The third-order valence-electron chi connectivity index (χ3n) is 6.38. The van der Waals surface area contributed by atoms with Gasteiger partial charge in [-0.05, 0) is 36.8 Å². The summed E-state index contributed by atoms with van der Waals surface area (Å²) in [6.45, 7) is 1.84. The van der Waals surface area contributed by atoms with Crippen LogP contribution < -0.4 is 5.32 Å². The van der Waals surface area contributed by atoms with Crippen LogP contribution in [-0.2, 0) is 26.0 Å². The van der Waals surface area contributed by atoms with Gasteiger partial charge in [-0.3, -0.25) is 9.59 Å². The molecule has 192 valence electrons. The minimum absolute atomic E-state index is 0.0501. The molecule has 1 aliphatic rings. The minimum Gasteiger partial charge on any atom is -0.317 e. The van der Waals surface area contributed by atoms with E-state index in [2.05, 4.69) is 5.32 Å². The van der Waals surface area contributed by atoms with Crippen LogP contribution in [0.25, 0.3) is 0 Å². The molecule has 8 heteroatoms. The molecular formula is C30H26N2O5S. The molecule has 0 aliphatic carbocycles. The maximum Gasteiger partial charge on any atom is 0.292 e. The Labute approximate surface area is 221 Å². The van der Waals surface area contributed by atoms with Crippen molar-refractivity contribution in [3.63, 3.8) is 0 Å². The molecule has 4 aromatic carbocycles. The fourth-order valence-electron chi connectivity index (χ4n) is 4.43. The topological polar surface area (TPSA) is 92.8 Å². The predicted octanol–water partition coefficient (Wildman–Crippen LogP) is 4.61. The molecule has 0 spiro atoms. The molecule has 5 rings (SSSR count). The first-order valence-corrected chi connectivity index (χ1v) is 13.5. The summed E-state index contributed by atoms with van der Waals surface area (Å²) < 4.78 is 35.0. The Morgan fingerprint density at radius 3 is 2.00 bits per heavy atom. The normalized spacial score (nSPS) is 19.3. The van der Waals surface area contributed by atoms with Crippen molar-refractivity contribution in [2.75, 3.05) is 0 Å². The molecule has 1 fully saturated rings. The molecule has 1 heterocycles. The Hall–Kier alpha value is -4.27. The lowest BCUT2D eigenvalue weighted by molar-refractivity contribution is -0.138. The van der Waals surface area contributed by atoms with Crippen LogP contribution in [0.1, 0.15) is 33.3 Å². The first-order chi connectivity index (χ1) is 18.3. The van der Waals surface area contributed by atoms with Gasteiger partial charge in [0.25, 0.3) is 21.8 Å². The number of amides is 2. The molecule has 38 heavy (non-hydrogen) atoms. The Balaban J connectivity index is 1.64. The van der Waals surface area contributed by atoms with Crippen LogP contribution in [-0.4, -0.2) is 30.3 Å². The van der Waals surface area contributed by atoms with E-state index in [1.165, 1.54) is 12.1 Å². The van der Waals surface area contributed by atoms with E-state index in [0.717, 1.165) is 9.87 Å². The van der Waals surface area contributed by atoms with E-state index in [1.54, 1.807) is 97.1 Å². The monoisotopic (exact) mass is 526 g/mol. The minimum atomic E-state index is -4.36. The van der Waals surface area contributed by atoms with Crippen molar-refractivity contribution in [1.82, 2.24) is 9.62 Å². The first kappa shape index (κ1) is 25.4. The van der Waals surface area contributed by atoms with Gasteiger partial charge < -0.3 is 10.1 Å². The lowest BCUT2D eigenvalue weighted by Gasteiger charge is -2.27. The van der Waals surface area contributed by atoms with Crippen molar-refractivity contribution in [2.24, 2.45) is 0 Å². The lowest BCUT2D eigenvalue weighted by Crippen LogP contribution is -2.57. The third-order valence-corrected chi connectivity index (χ3v) is 8.12. The molecule has 4 aromatic rings. The van der Waals surface area contributed by atoms with Crippen LogP contribution in [0.15, 0.2) is 120 Å². The second kappa shape index (κ2) is 10.2. The van der Waals surface area contributed by atoms with Gasteiger partial charge in [-0.15, -0.1) is 0 Å². The Bertz CT molecular complexity index is 1540. The highest BCUT2D eigenvalue weighted by molar-refractivity contribution is 7.89. The number of nitrogens with zero attached hydrogens (tertiary/aromatic N) is 1. The first-order valence-electron chi connectivity index (χ1n) is 12.1. The zero-order valence-electron chi connectivity index (χ0n) is 20.7. The second-order valence-corrected chi connectivity index (χ2v) is 10.9. The zero-order valence-corrected chi connectivity index (χ0v) is 21.5. The van der Waals surface area contributed by atoms with Crippen LogP contribution in [0.2, 0.25) is 0 Å². The van der Waals surface area contributed by atoms with E-state index in [9.17, 15) is 18.0 Å². The third kappa shape index (κ3) is 4.83. The zero-order chi connectivity index (χ0) is 26.8. The molecule has 1 N–H and O–H groups in total. The van der Waals surface area contributed by atoms with Gasteiger partial charge in [-0.1, -0.05) is 96.6 Å². The Kier molecular flexibility index (Phi) is 6.84. The fourth-order valence-corrected chi connectivity index (χ4v) is 5.92. The molecular weight excluding hydrogens is 500 g/mol. The number of rotatable bonds is 7. The molecule has 1 saturated heterocycles. The number of hydrogen-bond donors (Lipinski definition) is 1. The van der Waals surface area contributed by atoms with Crippen molar-refractivity contribution >= 4 is 21.8 Å². The van der Waals surface area contributed by atoms with E-state index in [4.69, 9.17) is 4.74 Å². The molecule has 0 aromatic heterocycles. The SMILES string of the molecule is Cc1ccc(S(=O)(=O)N2C(=O)[C@](Cc3ccccc3)(NC(=O)c3ccccc3)O[C@@H]2c2ccccc2)cc1. The van der Waals surface area contributed by atoms with Gasteiger partial charge >= 0.3 is 0 Å². The molecule has 7 nitrogen and oxygen atoms in total. The van der Waals surface area contributed by atoms with E-state index >= 15 is 0 Å². The highest BCUT2D eigenvalue weighted by Gasteiger charge is 2.58. The second-order valence-electron chi connectivity index (χ2n) is 9.11. The van der Waals surface area contributed by atoms with E-state index in [-0.39, 0.29) is 11.3 Å². The maximum atomic E-state index is 14.3. The van der Waals surface area contributed by atoms with Crippen LogP contribution in [0.5, 0.6) is 0 Å². The summed E-state index contributed by atoms with van der Waals surface area (Å²) in [5.41, 5.74) is 0.358. The lowest BCUT2D eigenvalue weighted by atomic mass is 10.0. The summed E-state index contributed by atoms with van der Waals surface area (Å²) in [4.78, 5) is 27.6. The van der Waals surface area contributed by atoms with Gasteiger partial charge in [0.2, 0.25) is 5.72 Å². The predicted molar refractivity (Wildman–Crippen MR) is 142 cm³/mol. The van der Waals surface area contributed by atoms with Crippen LogP contribution in [0.3, 0.4) is 0 Å². The van der Waals surface area contributed by atoms with Gasteiger partial charge in [0, 0.05) is 17.5 Å². The Morgan fingerprint density at radius 1 is 0.842 bits per heavy atom. The summed E-state index contributed by atoms with van der Waals surface area (Å²) in [6.07, 6.45) is -1.37. The number of carbonyl (C=O) groups is 2. The van der Waals surface area contributed by atoms with Crippen molar-refractivity contribution < 1.29 is 22.7 Å². The summed E-state index contributed by atoms with van der Waals surface area (Å²) >= 11 is 0. The smallest absolute Gasteiger partial charge is 0.292 e. The van der Waals surface area contributed by atoms with Gasteiger partial charge in [0.1, 0.15) is 0 Å². The summed E-state index contributed by atoms with van der Waals surface area (Å²) in [6, 6.07) is 32.3. The van der Waals surface area contributed by atoms with Crippen molar-refractivity contribution in [3.05, 3.63) is 138 Å². The molecule has 2 atom stereocenters. The number of aryl methyl sites for hydroxylation is 1. The quantitative estimate of drug-likeness (QED) is 0.380. The number of nitrogens with one attached hydrogen (secondary N) is 1. The number of hydrogen-bond acceptors (Lipinski definition) is 5. The molecule has 0 bridgehead atoms. The molecule has 0 radical (unpaired) electrons. The summed E-state index contributed by atoms with van der Waals surface area (Å²) in [5, 5.41) is 2.75. The van der Waals surface area contributed by atoms with E-state index in [1.807, 2.05) is 13.0 Å². The van der Waals surface area contributed by atoms with Crippen LogP contribution in [0, 0.1) is 6.92 Å². The molecule has 0 saturated carbocycles. The molecule has 0 unspecified atom stereocenters. The summed E-state index contributed by atoms with van der Waals surface area (Å²) in [7, 11) is -4.36. The number of sulfonamides is 1. The van der Waals surface area contributed by atoms with Gasteiger partial charge in [-0.25, -0.2) is 8.42 Å². The maximum absolute atomic E-state index is 14.3. The molecule has 1 aliphatic heterocycles. The summed E-state index contributed by atoms with van der Waals surface area (Å²) in [5.74, 6) is -1.43. The largest absolute Gasteiger partial charge is 0.317 e. The van der Waals surface area contributed by atoms with E-state index < -0.39 is 33.8 Å². The van der Waals surface area contributed by atoms with Gasteiger partial charge in [0.05, 0.1) is 4.90 Å². The van der Waals surface area contributed by atoms with Crippen molar-refractivity contribution in [1.29, 1.82) is 0 Å². The van der Waals surface area contributed by atoms with E-state index in [0.29, 0.717) is 16.7 Å². The van der Waals surface area contributed by atoms with Crippen molar-refractivity contribution in [3.8, 4) is 0 Å². The highest BCUT2D eigenvalue weighted by atomic mass is 32.2. The van der Waals surface area contributed by atoms with Crippen molar-refractivity contribution in [2.45, 2.75) is 30.2 Å².